The van der Waals surface area contributed by atoms with Crippen LogP contribution in [0.1, 0.15) is 64.2 Å². The lowest BCUT2D eigenvalue weighted by atomic mass is 9.81. The summed E-state index contributed by atoms with van der Waals surface area (Å²) >= 11 is 0. The summed E-state index contributed by atoms with van der Waals surface area (Å²) in [7, 11) is 0. The number of likely N-dealkylation sites (tertiary alicyclic amines) is 1. The first-order valence-corrected chi connectivity index (χ1v) is 8.23. The van der Waals surface area contributed by atoms with Crippen LogP contribution in [0.25, 0.3) is 0 Å². The summed E-state index contributed by atoms with van der Waals surface area (Å²) < 4.78 is 0. The van der Waals surface area contributed by atoms with Crippen LogP contribution in [-0.2, 0) is 4.79 Å². The van der Waals surface area contributed by atoms with E-state index in [1.807, 2.05) is 0 Å². The fraction of sp³-hybridized carbons (Fsp3) is 0.938. The molecule has 0 aromatic rings. The molecule has 2 saturated carbocycles. The second-order valence-electron chi connectivity index (χ2n) is 6.81. The van der Waals surface area contributed by atoms with E-state index in [4.69, 9.17) is 0 Å². The van der Waals surface area contributed by atoms with E-state index in [1.165, 1.54) is 25.7 Å². The second-order valence-corrected chi connectivity index (χ2v) is 6.81. The zero-order valence-corrected chi connectivity index (χ0v) is 11.9. The van der Waals surface area contributed by atoms with Gasteiger partial charge in [-0.3, -0.25) is 4.79 Å². The zero-order valence-electron chi connectivity index (χ0n) is 11.9. The predicted molar refractivity (Wildman–Crippen MR) is 74.7 cm³/mol. The number of amides is 1. The van der Waals surface area contributed by atoms with Gasteiger partial charge in [-0.2, -0.15) is 0 Å². The molecule has 3 atom stereocenters. The molecule has 1 N–H and O–H groups in total. The standard InChI is InChI=1S/C16H27NO2/c18-15-9-4-7-13(15)14-8-1-2-10-17(14)16(19)11-12-5-3-6-12/h12-15,18H,1-11H2. The molecular weight excluding hydrogens is 238 g/mol. The van der Waals surface area contributed by atoms with Gasteiger partial charge in [-0.05, 0) is 50.9 Å². The minimum absolute atomic E-state index is 0.165. The summed E-state index contributed by atoms with van der Waals surface area (Å²) in [5.41, 5.74) is 0. The first-order chi connectivity index (χ1) is 9.25. The molecule has 3 aliphatic rings. The van der Waals surface area contributed by atoms with E-state index in [-0.39, 0.29) is 6.10 Å². The van der Waals surface area contributed by atoms with Crippen LogP contribution in [-0.4, -0.2) is 34.6 Å². The van der Waals surface area contributed by atoms with Crippen LogP contribution >= 0.6 is 0 Å². The maximum absolute atomic E-state index is 12.5. The monoisotopic (exact) mass is 265 g/mol. The van der Waals surface area contributed by atoms with Crippen molar-refractivity contribution in [1.29, 1.82) is 0 Å². The lowest BCUT2D eigenvalue weighted by Gasteiger charge is -2.41. The van der Waals surface area contributed by atoms with E-state index >= 15 is 0 Å². The van der Waals surface area contributed by atoms with E-state index in [9.17, 15) is 9.90 Å². The van der Waals surface area contributed by atoms with Crippen molar-refractivity contribution >= 4 is 5.91 Å². The quantitative estimate of drug-likeness (QED) is 0.852. The van der Waals surface area contributed by atoms with Crippen molar-refractivity contribution in [3.05, 3.63) is 0 Å². The normalized spacial score (nSPS) is 36.3. The summed E-state index contributed by atoms with van der Waals surface area (Å²) in [6.07, 6.45) is 11.1. The molecule has 1 saturated heterocycles. The number of hydrogen-bond donors (Lipinski definition) is 1. The van der Waals surface area contributed by atoms with Crippen molar-refractivity contribution in [1.82, 2.24) is 4.90 Å². The summed E-state index contributed by atoms with van der Waals surface area (Å²) in [6, 6.07) is 0.332. The van der Waals surface area contributed by atoms with Crippen molar-refractivity contribution < 1.29 is 9.90 Å². The Balaban J connectivity index is 1.64. The average Bonchev–Trinajstić information content (AvgIpc) is 2.80. The molecule has 3 nitrogen and oxygen atoms in total. The van der Waals surface area contributed by atoms with Gasteiger partial charge in [0.05, 0.1) is 6.10 Å². The van der Waals surface area contributed by atoms with Gasteiger partial charge < -0.3 is 10.0 Å². The zero-order chi connectivity index (χ0) is 13.2. The van der Waals surface area contributed by atoms with Crippen molar-refractivity contribution in [2.24, 2.45) is 11.8 Å². The maximum atomic E-state index is 12.5. The summed E-state index contributed by atoms with van der Waals surface area (Å²) in [5.74, 6) is 1.38. The van der Waals surface area contributed by atoms with E-state index in [0.717, 1.165) is 45.1 Å². The molecular formula is C16H27NO2. The molecule has 0 spiro atoms. The van der Waals surface area contributed by atoms with Gasteiger partial charge in [0.25, 0.3) is 0 Å². The summed E-state index contributed by atoms with van der Waals surface area (Å²) in [6.45, 7) is 0.930. The Morgan fingerprint density at radius 1 is 1.00 bits per heavy atom. The highest BCUT2D eigenvalue weighted by molar-refractivity contribution is 5.77. The van der Waals surface area contributed by atoms with Gasteiger partial charge in [-0.25, -0.2) is 0 Å². The molecule has 3 unspecified atom stereocenters. The Morgan fingerprint density at radius 2 is 1.79 bits per heavy atom. The Morgan fingerprint density at radius 3 is 2.42 bits per heavy atom. The Hall–Kier alpha value is -0.570. The number of aliphatic hydroxyl groups excluding tert-OH is 1. The highest BCUT2D eigenvalue weighted by Crippen LogP contribution is 2.37. The molecule has 108 valence electrons. The van der Waals surface area contributed by atoms with Gasteiger partial charge in [0.2, 0.25) is 5.91 Å². The van der Waals surface area contributed by atoms with E-state index < -0.39 is 0 Å². The van der Waals surface area contributed by atoms with Crippen molar-refractivity contribution in [2.45, 2.75) is 76.4 Å². The average molecular weight is 265 g/mol. The maximum Gasteiger partial charge on any atom is 0.223 e. The lowest BCUT2D eigenvalue weighted by molar-refractivity contribution is -0.138. The summed E-state index contributed by atoms with van der Waals surface area (Å²) in [5, 5.41) is 10.1. The number of aliphatic hydroxyl groups is 1. The van der Waals surface area contributed by atoms with Crippen LogP contribution in [0.4, 0.5) is 0 Å². The Kier molecular flexibility index (Phi) is 4.11. The highest BCUT2D eigenvalue weighted by Gasteiger charge is 2.39. The largest absolute Gasteiger partial charge is 0.393 e. The first kappa shape index (κ1) is 13.4. The third kappa shape index (κ3) is 2.81. The van der Waals surface area contributed by atoms with Crippen molar-refractivity contribution in [2.75, 3.05) is 6.54 Å². The SMILES string of the molecule is O=C(CC1CCC1)N1CCCCC1C1CCCC1O. The van der Waals surface area contributed by atoms with Gasteiger partial charge in [0.1, 0.15) is 0 Å². The van der Waals surface area contributed by atoms with Gasteiger partial charge in [0, 0.05) is 24.9 Å². The van der Waals surface area contributed by atoms with Crippen molar-refractivity contribution in [3.63, 3.8) is 0 Å². The van der Waals surface area contributed by atoms with E-state index in [1.54, 1.807) is 0 Å². The van der Waals surface area contributed by atoms with Crippen LogP contribution < -0.4 is 0 Å². The number of rotatable bonds is 3. The Bertz CT molecular complexity index is 327. The van der Waals surface area contributed by atoms with Gasteiger partial charge in [-0.1, -0.05) is 12.8 Å². The predicted octanol–water partition coefficient (Wildman–Crippen LogP) is 2.72. The summed E-state index contributed by atoms with van der Waals surface area (Å²) in [4.78, 5) is 14.7. The van der Waals surface area contributed by atoms with Crippen LogP contribution in [0.2, 0.25) is 0 Å². The van der Waals surface area contributed by atoms with Crippen LogP contribution in [0, 0.1) is 11.8 Å². The minimum Gasteiger partial charge on any atom is -0.393 e. The van der Waals surface area contributed by atoms with E-state index in [2.05, 4.69) is 4.90 Å². The number of carbonyl (C=O) groups excluding carboxylic acids is 1. The third-order valence-electron chi connectivity index (χ3n) is 5.58. The Labute approximate surface area is 116 Å². The molecule has 0 radical (unpaired) electrons. The third-order valence-corrected chi connectivity index (χ3v) is 5.58. The fourth-order valence-electron chi connectivity index (χ4n) is 4.19. The van der Waals surface area contributed by atoms with Gasteiger partial charge in [0.15, 0.2) is 0 Å². The first-order valence-electron chi connectivity index (χ1n) is 8.23. The van der Waals surface area contributed by atoms with Crippen LogP contribution in [0.3, 0.4) is 0 Å². The lowest BCUT2D eigenvalue weighted by Crippen LogP contribution is -2.49. The van der Waals surface area contributed by atoms with Gasteiger partial charge >= 0.3 is 0 Å². The molecule has 19 heavy (non-hydrogen) atoms. The second kappa shape index (κ2) is 5.82. The highest BCUT2D eigenvalue weighted by atomic mass is 16.3. The molecule has 3 heteroatoms. The molecule has 0 aromatic carbocycles. The molecule has 2 aliphatic carbocycles. The number of nitrogens with zero attached hydrogens (tertiary/aromatic N) is 1. The smallest absolute Gasteiger partial charge is 0.223 e. The molecule has 0 aromatic heterocycles. The number of hydrogen-bond acceptors (Lipinski definition) is 2. The minimum atomic E-state index is -0.165. The van der Waals surface area contributed by atoms with Crippen LogP contribution in [0.5, 0.6) is 0 Å². The molecule has 1 heterocycles. The molecule has 1 amide bonds. The fourth-order valence-corrected chi connectivity index (χ4v) is 4.19. The van der Waals surface area contributed by atoms with Gasteiger partial charge in [-0.15, -0.1) is 0 Å². The number of piperidine rings is 1. The molecule has 1 aliphatic heterocycles. The van der Waals surface area contributed by atoms with Crippen molar-refractivity contribution in [3.8, 4) is 0 Å². The number of carbonyl (C=O) groups is 1. The molecule has 0 bridgehead atoms. The topological polar surface area (TPSA) is 40.5 Å². The van der Waals surface area contributed by atoms with E-state index in [0.29, 0.717) is 23.8 Å². The molecule has 3 fully saturated rings. The molecule has 3 rings (SSSR count). The van der Waals surface area contributed by atoms with Crippen LogP contribution in [0.15, 0.2) is 0 Å².